The normalized spacial score (nSPS) is 24.8. The Morgan fingerprint density at radius 3 is 2.74 bits per heavy atom. The lowest BCUT2D eigenvalue weighted by molar-refractivity contribution is -0.305. The smallest absolute Gasteiger partial charge is 0.248 e. The van der Waals surface area contributed by atoms with Crippen molar-refractivity contribution >= 4 is 44.3 Å². The van der Waals surface area contributed by atoms with Crippen LogP contribution in [0, 0.1) is 0 Å². The SMILES string of the molecule is COc1ccccc1N1C(=NC(=O)CCCC(=O)[O-])S[C@@H]2CS(=O)(=O)C[C@H]21. The van der Waals surface area contributed by atoms with E-state index in [1.807, 2.05) is 0 Å². The molecule has 0 saturated carbocycles. The molecule has 0 aliphatic carbocycles. The predicted molar refractivity (Wildman–Crippen MR) is 101 cm³/mol. The Bertz CT molecular complexity index is 883. The van der Waals surface area contributed by atoms with Crippen molar-refractivity contribution < 1.29 is 27.9 Å². The van der Waals surface area contributed by atoms with E-state index in [1.165, 1.54) is 18.9 Å². The van der Waals surface area contributed by atoms with Crippen LogP contribution in [0.1, 0.15) is 19.3 Å². The quantitative estimate of drug-likeness (QED) is 0.653. The number of fused-ring (bicyclic) bond motifs is 1. The second-order valence-corrected chi connectivity index (χ2v) is 9.72. The molecule has 3 rings (SSSR count). The standard InChI is InChI=1S/C17H20N2O6S2/c1-25-13-6-3-2-5-11(13)19-12-9-27(23,24)10-14(12)26-17(19)18-15(20)7-4-8-16(21)22/h2-3,5-6,12,14H,4,7-10H2,1H3,(H,21,22)/p-1/t12-,14-/m1/s1. The minimum atomic E-state index is -3.16. The Labute approximate surface area is 161 Å². The molecule has 0 bridgehead atoms. The number of hydrogen-bond acceptors (Lipinski definition) is 7. The molecule has 0 spiro atoms. The lowest BCUT2D eigenvalue weighted by atomic mass is 10.2. The molecule has 0 unspecified atom stereocenters. The molecular weight excluding hydrogens is 392 g/mol. The molecule has 2 heterocycles. The number of amidine groups is 1. The molecule has 27 heavy (non-hydrogen) atoms. The van der Waals surface area contributed by atoms with E-state index in [4.69, 9.17) is 4.74 Å². The van der Waals surface area contributed by atoms with Crippen LogP contribution in [0.2, 0.25) is 0 Å². The third kappa shape index (κ3) is 4.44. The number of para-hydroxylation sites is 2. The second kappa shape index (κ2) is 7.89. The molecule has 2 atom stereocenters. The number of anilines is 1. The maximum Gasteiger partial charge on any atom is 0.248 e. The average Bonchev–Trinajstić information content (AvgIpc) is 3.05. The van der Waals surface area contributed by atoms with Crippen LogP contribution in [-0.2, 0) is 19.4 Å². The van der Waals surface area contributed by atoms with Gasteiger partial charge in [0.1, 0.15) is 5.75 Å². The van der Waals surface area contributed by atoms with E-state index < -0.39 is 21.7 Å². The first-order chi connectivity index (χ1) is 12.8. The number of hydrogen-bond donors (Lipinski definition) is 0. The molecule has 2 saturated heterocycles. The fourth-order valence-corrected chi connectivity index (χ4v) is 7.15. The molecule has 0 N–H and O–H groups in total. The van der Waals surface area contributed by atoms with Crippen molar-refractivity contribution in [2.24, 2.45) is 4.99 Å². The van der Waals surface area contributed by atoms with Crippen LogP contribution >= 0.6 is 11.8 Å². The number of carbonyl (C=O) groups excluding carboxylic acids is 2. The molecule has 0 aromatic heterocycles. The van der Waals surface area contributed by atoms with Gasteiger partial charge in [-0.15, -0.1) is 0 Å². The molecule has 1 aromatic rings. The van der Waals surface area contributed by atoms with Crippen LogP contribution in [0.5, 0.6) is 5.75 Å². The lowest BCUT2D eigenvalue weighted by Crippen LogP contribution is -2.38. The summed E-state index contributed by atoms with van der Waals surface area (Å²) in [6.07, 6.45) is -0.0621. The van der Waals surface area contributed by atoms with Gasteiger partial charge < -0.3 is 19.5 Å². The highest BCUT2D eigenvalue weighted by Crippen LogP contribution is 2.43. The Morgan fingerprint density at radius 2 is 2.04 bits per heavy atom. The van der Waals surface area contributed by atoms with Crippen LogP contribution in [0.3, 0.4) is 0 Å². The van der Waals surface area contributed by atoms with Crippen LogP contribution in [-0.4, -0.2) is 55.4 Å². The number of thioether (sulfide) groups is 1. The van der Waals surface area contributed by atoms with Crippen molar-refractivity contribution in [1.82, 2.24) is 0 Å². The van der Waals surface area contributed by atoms with Gasteiger partial charge in [-0.3, -0.25) is 4.79 Å². The first kappa shape index (κ1) is 19.7. The summed E-state index contributed by atoms with van der Waals surface area (Å²) in [6.45, 7) is 0. The van der Waals surface area contributed by atoms with Crippen molar-refractivity contribution in [2.75, 3.05) is 23.5 Å². The minimum Gasteiger partial charge on any atom is -0.550 e. The zero-order valence-corrected chi connectivity index (χ0v) is 16.3. The van der Waals surface area contributed by atoms with Crippen LogP contribution in [0.15, 0.2) is 29.3 Å². The molecule has 2 aliphatic heterocycles. The maximum absolute atomic E-state index is 12.2. The van der Waals surface area contributed by atoms with Crippen LogP contribution in [0.25, 0.3) is 0 Å². The highest BCUT2D eigenvalue weighted by molar-refractivity contribution is 8.16. The number of amides is 1. The summed E-state index contributed by atoms with van der Waals surface area (Å²) >= 11 is 1.27. The van der Waals surface area contributed by atoms with Gasteiger partial charge in [0, 0.05) is 17.6 Å². The molecule has 2 aliphatic rings. The first-order valence-corrected chi connectivity index (χ1v) is 11.1. The van der Waals surface area contributed by atoms with Gasteiger partial charge in [0.15, 0.2) is 15.0 Å². The van der Waals surface area contributed by atoms with Gasteiger partial charge in [-0.2, -0.15) is 4.99 Å². The largest absolute Gasteiger partial charge is 0.550 e. The predicted octanol–water partition coefficient (Wildman–Crippen LogP) is 0.217. The first-order valence-electron chi connectivity index (χ1n) is 8.41. The van der Waals surface area contributed by atoms with Crippen molar-refractivity contribution in [3.63, 3.8) is 0 Å². The summed E-state index contributed by atoms with van der Waals surface area (Å²) in [5.41, 5.74) is 0.651. The third-order valence-electron chi connectivity index (χ3n) is 4.40. The Kier molecular flexibility index (Phi) is 5.75. The third-order valence-corrected chi connectivity index (χ3v) is 7.61. The molecule has 0 radical (unpaired) electrons. The van der Waals surface area contributed by atoms with Gasteiger partial charge >= 0.3 is 0 Å². The average molecular weight is 411 g/mol. The topological polar surface area (TPSA) is 116 Å². The maximum atomic E-state index is 12.2. The summed E-state index contributed by atoms with van der Waals surface area (Å²) in [5, 5.41) is 10.7. The van der Waals surface area contributed by atoms with Gasteiger partial charge in [0.05, 0.1) is 30.3 Å². The Morgan fingerprint density at radius 1 is 1.30 bits per heavy atom. The van der Waals surface area contributed by atoms with Crippen LogP contribution in [0.4, 0.5) is 5.69 Å². The number of aliphatic imine (C=N–C) groups is 1. The second-order valence-electron chi connectivity index (χ2n) is 6.36. The minimum absolute atomic E-state index is 0.00850. The highest BCUT2D eigenvalue weighted by atomic mass is 32.2. The van der Waals surface area contributed by atoms with E-state index in [9.17, 15) is 23.1 Å². The molecule has 2 fully saturated rings. The van der Waals surface area contributed by atoms with Crippen molar-refractivity contribution in [3.05, 3.63) is 24.3 Å². The fraction of sp³-hybridized carbons (Fsp3) is 0.471. The number of carboxylic acids is 1. The molecule has 8 nitrogen and oxygen atoms in total. The fourth-order valence-electron chi connectivity index (χ4n) is 3.22. The number of sulfone groups is 1. The van der Waals surface area contributed by atoms with Gasteiger partial charge in [0.2, 0.25) is 5.91 Å². The van der Waals surface area contributed by atoms with Gasteiger partial charge in [0.25, 0.3) is 0 Å². The summed E-state index contributed by atoms with van der Waals surface area (Å²) in [4.78, 5) is 28.6. The molecule has 1 amide bonds. The number of carbonyl (C=O) groups is 2. The van der Waals surface area contributed by atoms with Gasteiger partial charge in [-0.05, 0) is 25.0 Å². The number of aliphatic carboxylic acids is 1. The van der Waals surface area contributed by atoms with Crippen molar-refractivity contribution in [2.45, 2.75) is 30.6 Å². The van der Waals surface area contributed by atoms with E-state index in [2.05, 4.69) is 4.99 Å². The summed E-state index contributed by atoms with van der Waals surface area (Å²) in [7, 11) is -1.64. The summed E-state index contributed by atoms with van der Waals surface area (Å²) in [6, 6.07) is 6.83. The lowest BCUT2D eigenvalue weighted by Gasteiger charge is -2.26. The molecule has 1 aromatic carbocycles. The van der Waals surface area contributed by atoms with E-state index in [0.717, 1.165) is 0 Å². The zero-order chi connectivity index (χ0) is 19.6. The number of methoxy groups -OCH3 is 1. The van der Waals surface area contributed by atoms with Crippen molar-refractivity contribution in [1.29, 1.82) is 0 Å². The number of ether oxygens (including phenoxy) is 1. The van der Waals surface area contributed by atoms with Crippen LogP contribution < -0.4 is 14.7 Å². The van der Waals surface area contributed by atoms with E-state index in [-0.39, 0.29) is 42.1 Å². The van der Waals surface area contributed by atoms with Gasteiger partial charge in [-0.25, -0.2) is 8.42 Å². The number of benzene rings is 1. The monoisotopic (exact) mass is 411 g/mol. The van der Waals surface area contributed by atoms with Crippen molar-refractivity contribution in [3.8, 4) is 5.75 Å². The van der Waals surface area contributed by atoms with Gasteiger partial charge in [-0.1, -0.05) is 23.9 Å². The highest BCUT2D eigenvalue weighted by Gasteiger charge is 2.49. The Balaban J connectivity index is 1.90. The van der Waals surface area contributed by atoms with E-state index >= 15 is 0 Å². The van der Waals surface area contributed by atoms with E-state index in [1.54, 1.807) is 29.2 Å². The number of rotatable bonds is 6. The summed E-state index contributed by atoms with van der Waals surface area (Å²) < 4.78 is 29.5. The molecular formula is C17H19N2O6S2-. The number of nitrogens with zero attached hydrogens (tertiary/aromatic N) is 2. The Hall–Kier alpha value is -2.07. The molecule has 146 valence electrons. The summed E-state index contributed by atoms with van der Waals surface area (Å²) in [5.74, 6) is -1.07. The molecule has 10 heteroatoms. The van der Waals surface area contributed by atoms with E-state index in [0.29, 0.717) is 16.6 Å². The number of carboxylic acid groups (broad SMARTS) is 1. The zero-order valence-electron chi connectivity index (χ0n) is 14.7.